The number of amides is 1. The average molecular weight is 301 g/mol. The maximum Gasteiger partial charge on any atom is 0.220 e. The van der Waals surface area contributed by atoms with Gasteiger partial charge in [0.1, 0.15) is 17.3 Å². The highest BCUT2D eigenvalue weighted by molar-refractivity contribution is 5.76. The smallest absolute Gasteiger partial charge is 0.220 e. The number of unbranched alkanes of at least 4 members (excludes halogenated alkanes) is 1. The van der Waals surface area contributed by atoms with Gasteiger partial charge in [-0.3, -0.25) is 4.79 Å². The highest BCUT2D eigenvalue weighted by atomic mass is 16.5. The number of nitrogens with one attached hydrogen (secondary N) is 1. The van der Waals surface area contributed by atoms with Crippen molar-refractivity contribution in [3.8, 4) is 17.1 Å². The lowest BCUT2D eigenvalue weighted by Gasteiger charge is -2.03. The molecular weight excluding hydrogens is 278 g/mol. The molecule has 0 aliphatic heterocycles. The second kappa shape index (κ2) is 8.27. The van der Waals surface area contributed by atoms with Gasteiger partial charge in [-0.25, -0.2) is 0 Å². The van der Waals surface area contributed by atoms with E-state index in [1.54, 1.807) is 7.11 Å². The molecule has 4 heteroatoms. The summed E-state index contributed by atoms with van der Waals surface area (Å²) in [4.78, 5) is 11.7. The second-order valence-corrected chi connectivity index (χ2v) is 5.20. The fourth-order valence-electron chi connectivity index (χ4n) is 2.15. The van der Waals surface area contributed by atoms with Crippen molar-refractivity contribution in [2.45, 2.75) is 32.6 Å². The van der Waals surface area contributed by atoms with Gasteiger partial charge in [0.2, 0.25) is 5.91 Å². The normalized spacial score (nSPS) is 10.5. The Morgan fingerprint density at radius 1 is 1.18 bits per heavy atom. The van der Waals surface area contributed by atoms with Crippen molar-refractivity contribution >= 4 is 5.91 Å². The quantitative estimate of drug-likeness (QED) is 0.754. The molecule has 0 saturated carbocycles. The highest BCUT2D eigenvalue weighted by Crippen LogP contribution is 2.24. The lowest BCUT2D eigenvalue weighted by Crippen LogP contribution is -2.24. The first-order valence-electron chi connectivity index (χ1n) is 7.72. The number of hydrogen-bond donors (Lipinski definition) is 1. The maximum absolute atomic E-state index is 11.7. The number of aryl methyl sites for hydroxylation is 1. The summed E-state index contributed by atoms with van der Waals surface area (Å²) in [5.41, 5.74) is 0.999. The fraction of sp³-hybridized carbons (Fsp3) is 0.389. The van der Waals surface area contributed by atoms with Gasteiger partial charge in [-0.1, -0.05) is 13.3 Å². The molecule has 0 spiro atoms. The van der Waals surface area contributed by atoms with Gasteiger partial charge < -0.3 is 14.5 Å². The molecule has 1 heterocycles. The van der Waals surface area contributed by atoms with E-state index in [2.05, 4.69) is 12.2 Å². The predicted molar refractivity (Wildman–Crippen MR) is 86.9 cm³/mol. The van der Waals surface area contributed by atoms with Crippen LogP contribution in [0.1, 0.15) is 31.9 Å². The number of methoxy groups -OCH3 is 1. The molecule has 0 bridgehead atoms. The molecule has 2 rings (SSSR count). The number of benzene rings is 1. The minimum atomic E-state index is 0.0795. The van der Waals surface area contributed by atoms with E-state index >= 15 is 0 Å². The van der Waals surface area contributed by atoms with E-state index in [0.717, 1.165) is 42.2 Å². The number of ether oxygens (including phenoxy) is 1. The summed E-state index contributed by atoms with van der Waals surface area (Å²) in [5, 5.41) is 2.91. The monoisotopic (exact) mass is 301 g/mol. The Kier molecular flexibility index (Phi) is 6.07. The van der Waals surface area contributed by atoms with Crippen LogP contribution >= 0.6 is 0 Å². The number of rotatable bonds is 8. The highest BCUT2D eigenvalue weighted by Gasteiger charge is 2.07. The number of carbonyl (C=O) groups is 1. The van der Waals surface area contributed by atoms with Gasteiger partial charge in [0.15, 0.2) is 0 Å². The fourth-order valence-corrected chi connectivity index (χ4v) is 2.15. The van der Waals surface area contributed by atoms with Gasteiger partial charge in [-0.05, 0) is 42.8 Å². The number of furan rings is 1. The molecular formula is C18H23NO3. The first kappa shape index (κ1) is 16.1. The lowest BCUT2D eigenvalue weighted by molar-refractivity contribution is -0.121. The molecule has 22 heavy (non-hydrogen) atoms. The van der Waals surface area contributed by atoms with Gasteiger partial charge in [0.25, 0.3) is 0 Å². The third-order valence-corrected chi connectivity index (χ3v) is 3.49. The lowest BCUT2D eigenvalue weighted by atomic mass is 10.2. The molecule has 0 saturated heterocycles. The van der Waals surface area contributed by atoms with E-state index < -0.39 is 0 Å². The molecule has 0 atom stereocenters. The van der Waals surface area contributed by atoms with Crippen LogP contribution in [0.3, 0.4) is 0 Å². The molecule has 0 fully saturated rings. The predicted octanol–water partition coefficient (Wildman–Crippen LogP) is 3.80. The molecule has 118 valence electrons. The van der Waals surface area contributed by atoms with Crippen molar-refractivity contribution in [1.82, 2.24) is 5.32 Å². The summed E-state index contributed by atoms with van der Waals surface area (Å²) in [5.74, 6) is 2.54. The molecule has 1 aromatic heterocycles. The number of carbonyl (C=O) groups excluding carboxylic acids is 1. The van der Waals surface area contributed by atoms with Gasteiger partial charge in [0, 0.05) is 24.9 Å². The van der Waals surface area contributed by atoms with Gasteiger partial charge in [0.05, 0.1) is 7.11 Å². The van der Waals surface area contributed by atoms with Crippen LogP contribution in [0, 0.1) is 0 Å². The van der Waals surface area contributed by atoms with Crippen LogP contribution in [0.25, 0.3) is 11.3 Å². The second-order valence-electron chi connectivity index (χ2n) is 5.20. The minimum absolute atomic E-state index is 0.0795. The van der Waals surface area contributed by atoms with Gasteiger partial charge in [-0.2, -0.15) is 0 Å². The molecule has 1 N–H and O–H groups in total. The third-order valence-electron chi connectivity index (χ3n) is 3.49. The van der Waals surface area contributed by atoms with Crippen molar-refractivity contribution in [3.05, 3.63) is 42.2 Å². The minimum Gasteiger partial charge on any atom is -0.497 e. The van der Waals surface area contributed by atoms with E-state index in [1.807, 2.05) is 36.4 Å². The summed E-state index contributed by atoms with van der Waals surface area (Å²) in [7, 11) is 1.64. The standard InChI is InChI=1S/C18H23NO3/c1-3-4-13-19-18(20)12-10-16-9-11-17(22-16)14-5-7-15(21-2)8-6-14/h5-9,11H,3-4,10,12-13H2,1-2H3,(H,19,20). The van der Waals surface area contributed by atoms with E-state index in [-0.39, 0.29) is 5.91 Å². The Balaban J connectivity index is 1.86. The Morgan fingerprint density at radius 3 is 2.64 bits per heavy atom. The van der Waals surface area contributed by atoms with Gasteiger partial charge in [-0.15, -0.1) is 0 Å². The summed E-state index contributed by atoms with van der Waals surface area (Å²) >= 11 is 0. The van der Waals surface area contributed by atoms with Crippen LogP contribution in [0.4, 0.5) is 0 Å². The number of hydrogen-bond acceptors (Lipinski definition) is 3. The van der Waals surface area contributed by atoms with Crippen LogP contribution in [-0.4, -0.2) is 19.6 Å². The zero-order chi connectivity index (χ0) is 15.8. The first-order chi connectivity index (χ1) is 10.7. The van der Waals surface area contributed by atoms with Crippen LogP contribution in [0.2, 0.25) is 0 Å². The molecule has 2 aromatic rings. The van der Waals surface area contributed by atoms with Gasteiger partial charge >= 0.3 is 0 Å². The van der Waals surface area contributed by atoms with E-state index in [0.29, 0.717) is 12.8 Å². The summed E-state index contributed by atoms with van der Waals surface area (Å²) in [6, 6.07) is 11.6. The molecule has 0 aliphatic carbocycles. The largest absolute Gasteiger partial charge is 0.497 e. The summed E-state index contributed by atoms with van der Waals surface area (Å²) in [6.45, 7) is 2.86. The topological polar surface area (TPSA) is 51.5 Å². The van der Waals surface area contributed by atoms with Crippen LogP contribution < -0.4 is 10.1 Å². The van der Waals surface area contributed by atoms with Crippen molar-refractivity contribution in [1.29, 1.82) is 0 Å². The molecule has 1 aromatic carbocycles. The Bertz CT molecular complexity index is 587. The Hall–Kier alpha value is -2.23. The average Bonchev–Trinajstić information content (AvgIpc) is 3.02. The zero-order valence-electron chi connectivity index (χ0n) is 13.2. The SMILES string of the molecule is CCCCNC(=O)CCc1ccc(-c2ccc(OC)cc2)o1. The van der Waals surface area contributed by atoms with Crippen molar-refractivity contribution in [3.63, 3.8) is 0 Å². The molecule has 0 aliphatic rings. The Labute approximate surface area is 131 Å². The summed E-state index contributed by atoms with van der Waals surface area (Å²) in [6.07, 6.45) is 3.19. The maximum atomic E-state index is 11.7. The van der Waals surface area contributed by atoms with Crippen LogP contribution in [-0.2, 0) is 11.2 Å². The van der Waals surface area contributed by atoms with Crippen molar-refractivity contribution in [2.75, 3.05) is 13.7 Å². The van der Waals surface area contributed by atoms with Crippen LogP contribution in [0.5, 0.6) is 5.75 Å². The molecule has 1 amide bonds. The molecule has 0 unspecified atom stereocenters. The third kappa shape index (κ3) is 4.65. The summed E-state index contributed by atoms with van der Waals surface area (Å²) < 4.78 is 10.9. The zero-order valence-corrected chi connectivity index (χ0v) is 13.2. The first-order valence-corrected chi connectivity index (χ1v) is 7.72. The Morgan fingerprint density at radius 2 is 1.95 bits per heavy atom. The molecule has 0 radical (unpaired) electrons. The van der Waals surface area contributed by atoms with E-state index in [1.165, 1.54) is 0 Å². The molecule has 4 nitrogen and oxygen atoms in total. The van der Waals surface area contributed by atoms with E-state index in [4.69, 9.17) is 9.15 Å². The van der Waals surface area contributed by atoms with Crippen LogP contribution in [0.15, 0.2) is 40.8 Å². The van der Waals surface area contributed by atoms with Crippen molar-refractivity contribution < 1.29 is 13.9 Å². The van der Waals surface area contributed by atoms with E-state index in [9.17, 15) is 4.79 Å². The van der Waals surface area contributed by atoms with Crippen molar-refractivity contribution in [2.24, 2.45) is 0 Å².